The van der Waals surface area contributed by atoms with Crippen molar-refractivity contribution in [3.8, 4) is 0 Å². The minimum atomic E-state index is -4.62. The van der Waals surface area contributed by atoms with Gasteiger partial charge in [0.15, 0.2) is 5.43 Å². The first-order chi connectivity index (χ1) is 13.1. The van der Waals surface area contributed by atoms with E-state index in [-0.39, 0.29) is 30.3 Å². The molecule has 1 aromatic carbocycles. The number of anilines is 1. The average Bonchev–Trinajstić information content (AvgIpc) is 2.61. The summed E-state index contributed by atoms with van der Waals surface area (Å²) in [6.45, 7) is 4.45. The molecule has 0 unspecified atom stereocenters. The van der Waals surface area contributed by atoms with E-state index in [0.717, 1.165) is 4.57 Å². The molecule has 0 saturated carbocycles. The zero-order valence-corrected chi connectivity index (χ0v) is 16.9. The molecular weight excluding hydrogens is 396 g/mol. The van der Waals surface area contributed by atoms with E-state index in [1.165, 1.54) is 19.2 Å². The summed E-state index contributed by atoms with van der Waals surface area (Å²) in [4.78, 5) is 12.0. The van der Waals surface area contributed by atoms with E-state index in [1.54, 1.807) is 19.9 Å². The average molecular weight is 420 g/mol. The Bertz CT molecular complexity index is 917. The molecule has 0 atom stereocenters. The maximum Gasteiger partial charge on any atom is 0.431 e. The van der Waals surface area contributed by atoms with Gasteiger partial charge in [-0.05, 0) is 38.5 Å². The molecule has 2 aromatic rings. The highest BCUT2D eigenvalue weighted by Crippen LogP contribution is 2.48. The number of fused-ring (bicyclic) bond motifs is 1. The van der Waals surface area contributed by atoms with Gasteiger partial charge in [-0.1, -0.05) is 0 Å². The van der Waals surface area contributed by atoms with Crippen molar-refractivity contribution in [1.82, 2.24) is 4.57 Å². The largest absolute Gasteiger partial charge is 0.431 e. The lowest BCUT2D eigenvalue weighted by atomic mass is 10.1. The smallest absolute Gasteiger partial charge is 0.385 e. The molecule has 10 heteroatoms. The van der Waals surface area contributed by atoms with E-state index in [9.17, 15) is 22.5 Å². The Morgan fingerprint density at radius 3 is 2.36 bits per heavy atom. The minimum absolute atomic E-state index is 0.180. The minimum Gasteiger partial charge on any atom is -0.385 e. The molecule has 0 radical (unpaired) electrons. The molecule has 0 aliphatic rings. The van der Waals surface area contributed by atoms with Crippen molar-refractivity contribution in [2.45, 2.75) is 26.4 Å². The number of hydrogen-bond donors (Lipinski definition) is 1. The van der Waals surface area contributed by atoms with Gasteiger partial charge < -0.3 is 18.9 Å². The fourth-order valence-electron chi connectivity index (χ4n) is 2.89. The Morgan fingerprint density at radius 1 is 1.14 bits per heavy atom. The van der Waals surface area contributed by atoms with Crippen LogP contribution in [-0.4, -0.2) is 30.5 Å². The van der Waals surface area contributed by atoms with Gasteiger partial charge in [0.05, 0.1) is 24.9 Å². The van der Waals surface area contributed by atoms with E-state index in [0.29, 0.717) is 24.7 Å². The van der Waals surface area contributed by atoms with Gasteiger partial charge in [0.2, 0.25) is 0 Å². The third-order valence-electron chi connectivity index (χ3n) is 4.13. The predicted molar refractivity (Wildman–Crippen MR) is 103 cm³/mol. The lowest BCUT2D eigenvalue weighted by molar-refractivity contribution is -0.143. The van der Waals surface area contributed by atoms with E-state index in [4.69, 9.17) is 9.05 Å². The number of nitrogens with zero attached hydrogens (tertiary/aromatic N) is 1. The van der Waals surface area contributed by atoms with Gasteiger partial charge in [0.25, 0.3) is 0 Å². The van der Waals surface area contributed by atoms with Gasteiger partial charge in [0.1, 0.15) is 5.69 Å². The third-order valence-corrected chi connectivity index (χ3v) is 6.30. The topological polar surface area (TPSA) is 69.6 Å². The van der Waals surface area contributed by atoms with E-state index >= 15 is 0 Å². The maximum absolute atomic E-state index is 13.1. The molecular formula is C18H24F3N2O4P. The van der Waals surface area contributed by atoms with E-state index < -0.39 is 24.9 Å². The second kappa shape index (κ2) is 9.11. The molecule has 0 amide bonds. The maximum atomic E-state index is 13.1. The Kier molecular flexibility index (Phi) is 7.31. The molecule has 156 valence electrons. The monoisotopic (exact) mass is 420 g/mol. The Labute approximate surface area is 161 Å². The molecule has 1 aromatic heterocycles. The van der Waals surface area contributed by atoms with Crippen molar-refractivity contribution in [3.05, 3.63) is 40.2 Å². The zero-order valence-electron chi connectivity index (χ0n) is 16.0. The van der Waals surface area contributed by atoms with Crippen LogP contribution >= 0.6 is 7.60 Å². The summed E-state index contributed by atoms with van der Waals surface area (Å²) in [7, 11) is -1.86. The third kappa shape index (κ3) is 5.37. The van der Waals surface area contributed by atoms with Gasteiger partial charge in [-0.3, -0.25) is 9.36 Å². The van der Waals surface area contributed by atoms with Crippen LogP contribution in [0, 0.1) is 0 Å². The molecule has 0 fully saturated rings. The highest BCUT2D eigenvalue weighted by Gasteiger charge is 2.34. The lowest BCUT2D eigenvalue weighted by Gasteiger charge is -2.17. The first-order valence-corrected chi connectivity index (χ1v) is 10.7. The fourth-order valence-corrected chi connectivity index (χ4v) is 4.56. The number of hydrogen-bond acceptors (Lipinski definition) is 5. The van der Waals surface area contributed by atoms with Gasteiger partial charge in [-0.15, -0.1) is 0 Å². The van der Waals surface area contributed by atoms with Crippen LogP contribution in [0.2, 0.25) is 0 Å². The second-order valence-corrected chi connectivity index (χ2v) is 8.32. The molecule has 0 spiro atoms. The summed E-state index contributed by atoms with van der Waals surface area (Å²) in [6.07, 6.45) is -3.91. The van der Waals surface area contributed by atoms with Crippen molar-refractivity contribution in [3.63, 3.8) is 0 Å². The van der Waals surface area contributed by atoms with Crippen LogP contribution in [0.5, 0.6) is 0 Å². The number of nitrogens with one attached hydrogen (secondary N) is 1. The van der Waals surface area contributed by atoms with Crippen LogP contribution in [0.1, 0.15) is 26.0 Å². The van der Waals surface area contributed by atoms with Crippen molar-refractivity contribution in [1.29, 1.82) is 0 Å². The van der Waals surface area contributed by atoms with Crippen LogP contribution in [0.15, 0.2) is 29.1 Å². The molecule has 0 aliphatic carbocycles. The van der Waals surface area contributed by atoms with Crippen LogP contribution in [0.4, 0.5) is 18.9 Å². The Hall–Kier alpha value is -1.83. The Balaban J connectivity index is 2.15. The van der Waals surface area contributed by atoms with Crippen molar-refractivity contribution in [2.75, 3.05) is 31.2 Å². The number of aryl methyl sites for hydroxylation is 1. The van der Waals surface area contributed by atoms with E-state index in [1.807, 2.05) is 0 Å². The summed E-state index contributed by atoms with van der Waals surface area (Å²) in [5.74, 6) is 0. The van der Waals surface area contributed by atoms with Crippen molar-refractivity contribution in [2.24, 2.45) is 7.05 Å². The zero-order chi connectivity index (χ0) is 20.9. The summed E-state index contributed by atoms with van der Waals surface area (Å²) in [5, 5.41) is 3.28. The molecule has 1 heterocycles. The second-order valence-electron chi connectivity index (χ2n) is 6.13. The van der Waals surface area contributed by atoms with Crippen LogP contribution in [0.3, 0.4) is 0 Å². The fraction of sp³-hybridized carbons (Fsp3) is 0.500. The van der Waals surface area contributed by atoms with Crippen LogP contribution in [0.25, 0.3) is 10.9 Å². The van der Waals surface area contributed by atoms with Crippen LogP contribution < -0.4 is 10.7 Å². The number of rotatable bonds is 9. The molecule has 0 aliphatic heterocycles. The number of pyridine rings is 1. The van der Waals surface area contributed by atoms with Gasteiger partial charge in [-0.2, -0.15) is 13.2 Å². The number of aromatic nitrogens is 1. The molecule has 0 saturated heterocycles. The number of alkyl halides is 3. The summed E-state index contributed by atoms with van der Waals surface area (Å²) in [5.41, 5.74) is -0.943. The van der Waals surface area contributed by atoms with Gasteiger partial charge in [-0.25, -0.2) is 0 Å². The normalized spacial score (nSPS) is 12.5. The molecule has 0 bridgehead atoms. The van der Waals surface area contributed by atoms with Gasteiger partial charge in [0, 0.05) is 30.7 Å². The van der Waals surface area contributed by atoms with Crippen LogP contribution in [-0.2, 0) is 26.8 Å². The van der Waals surface area contributed by atoms with Gasteiger partial charge >= 0.3 is 13.8 Å². The SMILES string of the molecule is CCOP(=O)(CCCNc1ccc2c(=O)cc(C(F)(F)F)n(C)c2c1)OCC. The molecule has 28 heavy (non-hydrogen) atoms. The number of benzene rings is 1. The molecule has 6 nitrogen and oxygen atoms in total. The molecule has 1 N–H and O–H groups in total. The molecule has 2 rings (SSSR count). The summed E-state index contributed by atoms with van der Waals surface area (Å²) >= 11 is 0. The first kappa shape index (κ1) is 22.5. The number of halogens is 3. The highest BCUT2D eigenvalue weighted by molar-refractivity contribution is 7.53. The quantitative estimate of drug-likeness (QED) is 0.473. The summed E-state index contributed by atoms with van der Waals surface area (Å²) in [6, 6.07) is 5.22. The summed E-state index contributed by atoms with van der Waals surface area (Å²) < 4.78 is 63.1. The lowest BCUT2D eigenvalue weighted by Crippen LogP contribution is -2.19. The Morgan fingerprint density at radius 2 is 1.79 bits per heavy atom. The predicted octanol–water partition coefficient (Wildman–Crippen LogP) is 4.63. The highest BCUT2D eigenvalue weighted by atomic mass is 31.2. The van der Waals surface area contributed by atoms with Crippen molar-refractivity contribution < 1.29 is 26.8 Å². The van der Waals surface area contributed by atoms with E-state index in [2.05, 4.69) is 5.32 Å². The van der Waals surface area contributed by atoms with Crippen molar-refractivity contribution >= 4 is 24.2 Å². The standard InChI is InChI=1S/C18H24F3N2O4P/c1-4-26-28(25,27-5-2)10-6-9-22-13-7-8-14-15(11-13)23(3)17(12-16(14)24)18(19,20)21/h7-8,11-12,22H,4-6,9-10H2,1-3H3. The first-order valence-electron chi connectivity index (χ1n) is 8.94.